The van der Waals surface area contributed by atoms with Gasteiger partial charge in [0.05, 0.1) is 11.4 Å². The van der Waals surface area contributed by atoms with Crippen LogP contribution in [-0.4, -0.2) is 33.5 Å². The third-order valence-electron chi connectivity index (χ3n) is 3.12. The van der Waals surface area contributed by atoms with Gasteiger partial charge in [0, 0.05) is 12.3 Å². The number of hydrogen-bond donors (Lipinski definition) is 3. The summed E-state index contributed by atoms with van der Waals surface area (Å²) in [5.74, 6) is -3.29. The van der Waals surface area contributed by atoms with Crippen LogP contribution in [0.2, 0.25) is 5.02 Å². The van der Waals surface area contributed by atoms with Crippen LogP contribution in [0.3, 0.4) is 0 Å². The average molecular weight is 344 g/mol. The maximum atomic E-state index is 12.4. The molecule has 1 rings (SSSR count). The molecule has 0 fully saturated rings. The zero-order valence-electron chi connectivity index (χ0n) is 12.7. The van der Waals surface area contributed by atoms with Crippen molar-refractivity contribution < 1.29 is 19.5 Å². The fourth-order valence-corrected chi connectivity index (χ4v) is 2.27. The minimum Gasteiger partial charge on any atom is -0.480 e. The van der Waals surface area contributed by atoms with Gasteiger partial charge in [-0.1, -0.05) is 25.4 Å². The minimum atomic E-state index is -1.46. The molecule has 1 aromatic rings. The van der Waals surface area contributed by atoms with E-state index in [1.54, 1.807) is 13.8 Å². The quantitative estimate of drug-likeness (QED) is 0.648. The smallest absolute Gasteiger partial charge is 0.326 e. The van der Waals surface area contributed by atoms with Gasteiger partial charge in [0.25, 0.3) is 5.56 Å². The van der Waals surface area contributed by atoms with Gasteiger partial charge in [-0.2, -0.15) is 0 Å². The number of rotatable bonds is 7. The normalized spacial score (nSPS) is 13.4. The molecule has 0 aliphatic heterocycles. The van der Waals surface area contributed by atoms with E-state index in [9.17, 15) is 19.2 Å². The van der Waals surface area contributed by atoms with Crippen LogP contribution in [0.25, 0.3) is 0 Å². The summed E-state index contributed by atoms with van der Waals surface area (Å²) < 4.78 is 1.13. The second kappa shape index (κ2) is 7.77. The summed E-state index contributed by atoms with van der Waals surface area (Å²) in [6.07, 6.45) is 0.758. The van der Waals surface area contributed by atoms with E-state index in [-0.39, 0.29) is 10.9 Å². The van der Waals surface area contributed by atoms with E-state index in [4.69, 9.17) is 22.4 Å². The lowest BCUT2D eigenvalue weighted by molar-refractivity contribution is -0.144. The number of pyridine rings is 1. The molecule has 1 heterocycles. The number of carbonyl (C=O) groups is 3. The van der Waals surface area contributed by atoms with Crippen LogP contribution < -0.4 is 16.6 Å². The van der Waals surface area contributed by atoms with E-state index < -0.39 is 41.8 Å². The molecule has 2 amide bonds. The Bertz CT molecular complexity index is 671. The van der Waals surface area contributed by atoms with Gasteiger partial charge < -0.3 is 20.7 Å². The maximum absolute atomic E-state index is 12.4. The lowest BCUT2D eigenvalue weighted by Gasteiger charge is -2.24. The molecule has 0 radical (unpaired) electrons. The van der Waals surface area contributed by atoms with Crippen LogP contribution >= 0.6 is 11.6 Å². The largest absolute Gasteiger partial charge is 0.480 e. The third-order valence-corrected chi connectivity index (χ3v) is 3.35. The fraction of sp³-hybridized carbons (Fsp3) is 0.429. The highest BCUT2D eigenvalue weighted by Gasteiger charge is 2.30. The van der Waals surface area contributed by atoms with E-state index >= 15 is 0 Å². The van der Waals surface area contributed by atoms with Crippen molar-refractivity contribution in [3.8, 4) is 0 Å². The van der Waals surface area contributed by atoms with Gasteiger partial charge in [-0.15, -0.1) is 0 Å². The predicted molar refractivity (Wildman–Crippen MR) is 83.0 cm³/mol. The molecule has 0 spiro atoms. The Kier molecular flexibility index (Phi) is 6.32. The molecule has 9 heteroatoms. The van der Waals surface area contributed by atoms with Gasteiger partial charge in [-0.3, -0.25) is 14.4 Å². The summed E-state index contributed by atoms with van der Waals surface area (Å²) in [6.45, 7) is 3.39. The third kappa shape index (κ3) is 5.10. The summed E-state index contributed by atoms with van der Waals surface area (Å²) in [5, 5.41) is 11.5. The van der Waals surface area contributed by atoms with Gasteiger partial charge in [-0.05, 0) is 12.0 Å². The molecule has 8 nitrogen and oxygen atoms in total. The maximum Gasteiger partial charge on any atom is 0.326 e. The van der Waals surface area contributed by atoms with Gasteiger partial charge in [0.1, 0.15) is 12.1 Å². The van der Waals surface area contributed by atoms with Crippen LogP contribution in [0, 0.1) is 5.92 Å². The number of carboxylic acid groups (broad SMARTS) is 1. The van der Waals surface area contributed by atoms with Crippen LogP contribution in [0.15, 0.2) is 23.1 Å². The van der Waals surface area contributed by atoms with Crippen LogP contribution in [0.4, 0.5) is 0 Å². The lowest BCUT2D eigenvalue weighted by Crippen LogP contribution is -2.48. The molecule has 0 aliphatic rings. The summed E-state index contributed by atoms with van der Waals surface area (Å²) in [6, 6.07) is 0.165. The topological polar surface area (TPSA) is 131 Å². The number of carboxylic acids is 1. The van der Waals surface area contributed by atoms with Crippen molar-refractivity contribution in [1.29, 1.82) is 0 Å². The Morgan fingerprint density at radius 2 is 1.96 bits per heavy atom. The van der Waals surface area contributed by atoms with Gasteiger partial charge >= 0.3 is 5.97 Å². The molecule has 1 aromatic heterocycles. The van der Waals surface area contributed by atoms with Crippen molar-refractivity contribution in [3.63, 3.8) is 0 Å². The van der Waals surface area contributed by atoms with Crippen LogP contribution in [0.5, 0.6) is 0 Å². The first-order chi connectivity index (χ1) is 10.6. The highest BCUT2D eigenvalue weighted by Crippen LogP contribution is 2.18. The number of aliphatic carboxylic acids is 1. The molecular formula is C14H18ClN3O5. The zero-order valence-corrected chi connectivity index (χ0v) is 13.4. The van der Waals surface area contributed by atoms with E-state index in [2.05, 4.69) is 5.32 Å². The van der Waals surface area contributed by atoms with E-state index in [1.165, 1.54) is 18.3 Å². The standard InChI is InChI=1S/C14H18ClN3O5/c1-7(2)12(18-6-8(15)3-4-11(18)20)13(21)17-9(14(22)23)5-10(16)19/h3-4,6-7,9,12H,5H2,1-2H3,(H2,16,19)(H,17,21)(H,22,23). The number of primary amides is 1. The number of hydrogen-bond acceptors (Lipinski definition) is 4. The molecule has 2 unspecified atom stereocenters. The summed E-state index contributed by atoms with van der Waals surface area (Å²) >= 11 is 5.85. The second-order valence-electron chi connectivity index (χ2n) is 5.35. The van der Waals surface area contributed by atoms with E-state index in [0.29, 0.717) is 0 Å². The number of amides is 2. The second-order valence-corrected chi connectivity index (χ2v) is 5.79. The van der Waals surface area contributed by atoms with Crippen molar-refractivity contribution in [2.75, 3.05) is 0 Å². The first kappa shape index (κ1) is 18.7. The molecule has 2 atom stereocenters. The van der Waals surface area contributed by atoms with Crippen LogP contribution in [-0.2, 0) is 14.4 Å². The molecule has 0 aliphatic carbocycles. The molecule has 0 aromatic carbocycles. The lowest BCUT2D eigenvalue weighted by atomic mass is 10.0. The first-order valence-corrected chi connectivity index (χ1v) is 7.20. The minimum absolute atomic E-state index is 0.259. The Morgan fingerprint density at radius 1 is 1.35 bits per heavy atom. The van der Waals surface area contributed by atoms with Crippen LogP contribution in [0.1, 0.15) is 26.3 Å². The molecule has 23 heavy (non-hydrogen) atoms. The van der Waals surface area contributed by atoms with Gasteiger partial charge in [0.15, 0.2) is 0 Å². The SMILES string of the molecule is CC(C)C(C(=O)NC(CC(N)=O)C(=O)O)n1cc(Cl)ccc1=O. The molecule has 0 saturated heterocycles. The molecular weight excluding hydrogens is 326 g/mol. The molecule has 126 valence electrons. The van der Waals surface area contributed by atoms with Crippen molar-refractivity contribution in [3.05, 3.63) is 33.7 Å². The average Bonchev–Trinajstić information content (AvgIpc) is 2.41. The summed E-state index contributed by atoms with van der Waals surface area (Å²) in [7, 11) is 0. The Hall–Kier alpha value is -2.35. The zero-order chi connectivity index (χ0) is 17.7. The van der Waals surface area contributed by atoms with Crippen molar-refractivity contribution >= 4 is 29.4 Å². The van der Waals surface area contributed by atoms with Gasteiger partial charge in [0.2, 0.25) is 11.8 Å². The van der Waals surface area contributed by atoms with Crippen molar-refractivity contribution in [2.24, 2.45) is 11.7 Å². The fourth-order valence-electron chi connectivity index (χ4n) is 2.10. The Morgan fingerprint density at radius 3 is 2.43 bits per heavy atom. The summed E-state index contributed by atoms with van der Waals surface area (Å²) in [4.78, 5) is 46.4. The molecule has 0 saturated carbocycles. The Labute approximate surface area is 137 Å². The van der Waals surface area contributed by atoms with Gasteiger partial charge in [-0.25, -0.2) is 4.79 Å². The first-order valence-electron chi connectivity index (χ1n) is 6.82. The molecule has 0 bridgehead atoms. The number of carbonyl (C=O) groups excluding carboxylic acids is 2. The number of nitrogens with zero attached hydrogens (tertiary/aromatic N) is 1. The monoisotopic (exact) mass is 343 g/mol. The Balaban J connectivity index is 3.12. The highest BCUT2D eigenvalue weighted by atomic mass is 35.5. The number of aromatic nitrogens is 1. The number of halogens is 1. The van der Waals surface area contributed by atoms with E-state index in [0.717, 1.165) is 4.57 Å². The van der Waals surface area contributed by atoms with Crippen molar-refractivity contribution in [1.82, 2.24) is 9.88 Å². The highest BCUT2D eigenvalue weighted by molar-refractivity contribution is 6.30. The van der Waals surface area contributed by atoms with Crippen molar-refractivity contribution in [2.45, 2.75) is 32.4 Å². The summed E-state index contributed by atoms with van der Waals surface area (Å²) in [5.41, 5.74) is 4.52. The number of nitrogens with two attached hydrogens (primary N) is 1. The predicted octanol–water partition coefficient (Wildman–Crippen LogP) is 0.144. The number of nitrogens with one attached hydrogen (secondary N) is 1. The molecule has 4 N–H and O–H groups in total. The van der Waals surface area contributed by atoms with E-state index in [1.807, 2.05) is 0 Å².